The van der Waals surface area contributed by atoms with Gasteiger partial charge in [-0.1, -0.05) is 54.2 Å². The first-order chi connectivity index (χ1) is 51.1. The first-order valence-electron chi connectivity index (χ1n) is 35.3. The number of amides is 3. The maximum Gasteiger partial charge on any atom is 0.257 e. The summed E-state index contributed by atoms with van der Waals surface area (Å²) in [6, 6.07) is 41.0. The lowest BCUT2D eigenvalue weighted by Gasteiger charge is -2.32. The quantitative estimate of drug-likeness (QED) is 0.0976. The van der Waals surface area contributed by atoms with Crippen LogP contribution in [-0.4, -0.2) is 190 Å². The molecular formula is C84H84N18O3. The second kappa shape index (κ2) is 33.9. The molecule has 3 aliphatic rings. The zero-order valence-electron chi connectivity index (χ0n) is 60.1. The van der Waals surface area contributed by atoms with E-state index in [4.69, 9.17) is 0 Å². The molecule has 0 atom stereocenters. The van der Waals surface area contributed by atoms with Gasteiger partial charge in [-0.25, -0.2) is 15.0 Å². The fraction of sp³-hybridized carbons (Fsp3) is 0.250. The lowest BCUT2D eigenvalue weighted by Crippen LogP contribution is -2.43. The number of hydrogen-bond donors (Lipinski definition) is 3. The molecule has 0 aliphatic carbocycles. The van der Waals surface area contributed by atoms with Crippen LogP contribution < -0.4 is 16.0 Å². The molecule has 9 aromatic heterocycles. The number of hydrogen-bond acceptors (Lipinski definition) is 15. The Bertz CT molecular complexity index is 4790. The molecule has 0 saturated carbocycles. The summed E-state index contributed by atoms with van der Waals surface area (Å²) in [6.45, 7) is 22.2. The van der Waals surface area contributed by atoms with Crippen LogP contribution in [0, 0.1) is 56.3 Å². The Morgan fingerprint density at radius 2 is 0.629 bits per heavy atom. The molecule has 0 radical (unpaired) electrons. The summed E-state index contributed by atoms with van der Waals surface area (Å²) >= 11 is 0. The summed E-state index contributed by atoms with van der Waals surface area (Å²) in [5.41, 5.74) is 18.0. The second-order valence-corrected chi connectivity index (χ2v) is 26.9. The van der Waals surface area contributed by atoms with Gasteiger partial charge in [-0.05, 0) is 184 Å². The van der Waals surface area contributed by atoms with E-state index in [9.17, 15) is 14.4 Å². The third kappa shape index (κ3) is 19.0. The van der Waals surface area contributed by atoms with Crippen molar-refractivity contribution in [1.29, 1.82) is 0 Å². The first kappa shape index (κ1) is 71.4. The normalized spacial score (nSPS) is 14.5. The van der Waals surface area contributed by atoms with E-state index in [2.05, 4.69) is 171 Å². The summed E-state index contributed by atoms with van der Waals surface area (Å²) in [6.07, 6.45) is 20.6. The topological polar surface area (TPSA) is 197 Å². The zero-order chi connectivity index (χ0) is 72.6. The fourth-order valence-corrected chi connectivity index (χ4v) is 12.6. The molecule has 21 nitrogen and oxygen atoms in total. The number of nitrogens with zero attached hydrogens (tertiary/aromatic N) is 15. The minimum Gasteiger partial charge on any atom is -0.322 e. The van der Waals surface area contributed by atoms with Crippen LogP contribution in [0.1, 0.15) is 98.2 Å². The second-order valence-electron chi connectivity index (χ2n) is 26.9. The molecule has 3 aliphatic heterocycles. The number of likely N-dealkylation sites (N-methyl/N-ethyl adjacent to an activating group) is 3. The van der Waals surface area contributed by atoms with Crippen LogP contribution in [0.3, 0.4) is 0 Å². The number of aromatic nitrogens is 9. The zero-order valence-corrected chi connectivity index (χ0v) is 60.1. The Balaban J connectivity index is 0.000000140. The van der Waals surface area contributed by atoms with Crippen LogP contribution >= 0.6 is 0 Å². The van der Waals surface area contributed by atoms with E-state index < -0.39 is 0 Å². The Labute approximate surface area is 612 Å². The standard InChI is InChI=1S/3C28H28N6O/c3*1-21-15-25(8-7-23(21)20-33-13-11-32(2)12-14-33)31-28(35)24-16-22(17-29-18-24)6-9-26-19-30-27-5-3-4-10-34(26)27/h3*3-5,7-8,10,15-19H,11-14,20H2,1-2H3,(H,31,35). The van der Waals surface area contributed by atoms with E-state index in [-0.39, 0.29) is 17.7 Å². The van der Waals surface area contributed by atoms with E-state index in [1.54, 1.807) is 74.0 Å². The molecule has 528 valence electrons. The van der Waals surface area contributed by atoms with E-state index in [1.807, 2.05) is 123 Å². The number of pyridine rings is 6. The maximum absolute atomic E-state index is 12.9. The molecule has 3 N–H and O–H groups in total. The van der Waals surface area contributed by atoms with Gasteiger partial charge in [0.2, 0.25) is 0 Å². The number of aryl methyl sites for hydroxylation is 3. The van der Waals surface area contributed by atoms with Crippen LogP contribution in [0.2, 0.25) is 0 Å². The molecule has 0 spiro atoms. The number of anilines is 3. The number of fused-ring (bicyclic) bond motifs is 3. The smallest absolute Gasteiger partial charge is 0.257 e. The van der Waals surface area contributed by atoms with Crippen LogP contribution in [-0.2, 0) is 19.6 Å². The molecule has 0 bridgehead atoms. The van der Waals surface area contributed by atoms with E-state index >= 15 is 0 Å². The van der Waals surface area contributed by atoms with Crippen molar-refractivity contribution >= 4 is 51.7 Å². The highest BCUT2D eigenvalue weighted by Crippen LogP contribution is 2.23. The minimum atomic E-state index is -0.206. The summed E-state index contributed by atoms with van der Waals surface area (Å²) in [7, 11) is 6.50. The third-order valence-electron chi connectivity index (χ3n) is 19.0. The average Bonchev–Trinajstić information content (AvgIpc) is 1.72. The number of rotatable bonds is 12. The highest BCUT2D eigenvalue weighted by Gasteiger charge is 2.20. The van der Waals surface area contributed by atoms with Gasteiger partial charge < -0.3 is 30.7 Å². The van der Waals surface area contributed by atoms with Crippen molar-refractivity contribution < 1.29 is 14.4 Å². The van der Waals surface area contributed by atoms with Crippen molar-refractivity contribution in [3.8, 4) is 35.5 Å². The van der Waals surface area contributed by atoms with Crippen LogP contribution in [0.25, 0.3) is 16.9 Å². The molecule has 12 aromatic rings. The number of nitrogens with one attached hydrogen (secondary N) is 3. The van der Waals surface area contributed by atoms with Crippen molar-refractivity contribution in [2.24, 2.45) is 0 Å². The highest BCUT2D eigenvalue weighted by atomic mass is 16.2. The Morgan fingerprint density at radius 1 is 0.343 bits per heavy atom. The highest BCUT2D eigenvalue weighted by molar-refractivity contribution is 6.05. The van der Waals surface area contributed by atoms with E-state index in [1.165, 1.54) is 33.4 Å². The molecule has 12 heterocycles. The van der Waals surface area contributed by atoms with E-state index in [0.29, 0.717) is 33.4 Å². The van der Waals surface area contributed by atoms with Gasteiger partial charge in [0.05, 0.1) is 35.3 Å². The lowest BCUT2D eigenvalue weighted by molar-refractivity contribution is 0.101. The van der Waals surface area contributed by atoms with Crippen molar-refractivity contribution in [3.63, 3.8) is 0 Å². The Morgan fingerprint density at radius 3 is 0.905 bits per heavy atom. The van der Waals surface area contributed by atoms with Crippen LogP contribution in [0.15, 0.2) is 202 Å². The number of carbonyl (C=O) groups is 3. The van der Waals surface area contributed by atoms with Gasteiger partial charge >= 0.3 is 0 Å². The SMILES string of the molecule is Cc1cc(NC(=O)c2cncc(C#Cc3cnc4ccccn34)c2)ccc1CN1CCN(C)CC1.Cc1cc(NC(=O)c2cncc(C#Cc3cnc4ccccn34)c2)ccc1CN1CCN(C)CC1.Cc1cc(NC(=O)c2cncc(C#Cc3cnc4ccccn34)c2)ccc1CN1CCN(C)CC1. The number of carbonyl (C=O) groups excluding carboxylic acids is 3. The summed E-state index contributed by atoms with van der Waals surface area (Å²) < 4.78 is 5.77. The summed E-state index contributed by atoms with van der Waals surface area (Å²) in [5.74, 6) is 18.0. The van der Waals surface area contributed by atoms with Crippen LogP contribution in [0.4, 0.5) is 17.1 Å². The number of benzene rings is 3. The van der Waals surface area contributed by atoms with Gasteiger partial charge in [0.15, 0.2) is 0 Å². The number of piperazine rings is 3. The molecule has 21 heteroatoms. The molecule has 3 saturated heterocycles. The van der Waals surface area contributed by atoms with Gasteiger partial charge in [-0.3, -0.25) is 57.2 Å². The van der Waals surface area contributed by atoms with Gasteiger partial charge in [-0.15, -0.1) is 0 Å². The predicted molar refractivity (Wildman–Crippen MR) is 412 cm³/mol. The molecule has 3 amide bonds. The summed E-state index contributed by atoms with van der Waals surface area (Å²) in [5, 5.41) is 8.99. The summed E-state index contributed by atoms with van der Waals surface area (Å²) in [4.78, 5) is 78.9. The predicted octanol–water partition coefficient (Wildman–Crippen LogP) is 10.3. The van der Waals surface area contributed by atoms with Crippen LogP contribution in [0.5, 0.6) is 0 Å². The minimum absolute atomic E-state index is 0.206. The fourth-order valence-electron chi connectivity index (χ4n) is 12.6. The van der Waals surface area contributed by atoms with Gasteiger partial charge in [0.25, 0.3) is 17.7 Å². The van der Waals surface area contributed by atoms with Crippen molar-refractivity contribution in [3.05, 3.63) is 286 Å². The van der Waals surface area contributed by atoms with Crippen molar-refractivity contribution in [2.75, 3.05) is 116 Å². The third-order valence-corrected chi connectivity index (χ3v) is 19.0. The molecular weight excluding hydrogens is 1310 g/mol. The van der Waals surface area contributed by atoms with Gasteiger partial charge in [0.1, 0.15) is 34.0 Å². The van der Waals surface area contributed by atoms with E-state index in [0.717, 1.165) is 149 Å². The maximum atomic E-state index is 12.9. The monoisotopic (exact) mass is 1390 g/mol. The average molecular weight is 1390 g/mol. The molecule has 15 rings (SSSR count). The number of imidazole rings is 3. The molecule has 3 fully saturated rings. The molecule has 105 heavy (non-hydrogen) atoms. The lowest BCUT2D eigenvalue weighted by atomic mass is 10.1. The van der Waals surface area contributed by atoms with Gasteiger partial charge in [0, 0.05) is 188 Å². The van der Waals surface area contributed by atoms with Crippen molar-refractivity contribution in [1.82, 2.24) is 72.5 Å². The largest absolute Gasteiger partial charge is 0.322 e. The first-order valence-corrected chi connectivity index (χ1v) is 35.3. The Kier molecular flexibility index (Phi) is 23.0. The van der Waals surface area contributed by atoms with Gasteiger partial charge in [-0.2, -0.15) is 0 Å². The molecule has 3 aromatic carbocycles. The molecule has 0 unspecified atom stereocenters. The van der Waals surface area contributed by atoms with Crippen molar-refractivity contribution in [2.45, 2.75) is 40.4 Å². The Hall–Kier alpha value is -12.0.